The average molecular weight is 642 g/mol. The first-order chi connectivity index (χ1) is 21.7. The maximum atomic E-state index is 14.2. The summed E-state index contributed by atoms with van der Waals surface area (Å²) in [6.45, 7) is 7.26. The molecule has 4 N–H and O–H groups in total. The molecule has 2 aromatic carbocycles. The second-order valence-corrected chi connectivity index (χ2v) is 12.2. The lowest BCUT2D eigenvalue weighted by molar-refractivity contribution is -0.137. The first-order valence-corrected chi connectivity index (χ1v) is 15.5. The number of halogens is 4. The van der Waals surface area contributed by atoms with E-state index in [1.807, 2.05) is 13.8 Å². The maximum Gasteiger partial charge on any atom is 0.418 e. The number of hydrogen-bond acceptors (Lipinski definition) is 4. The van der Waals surface area contributed by atoms with Crippen molar-refractivity contribution in [1.29, 1.82) is 5.26 Å². The second kappa shape index (κ2) is 13.9. The highest BCUT2D eigenvalue weighted by Gasteiger charge is 2.47. The summed E-state index contributed by atoms with van der Waals surface area (Å²) < 4.78 is 55.8. The average Bonchev–Trinajstić information content (AvgIpc) is 3.39. The summed E-state index contributed by atoms with van der Waals surface area (Å²) in [5.74, 6) is -3.06. The molecular formula is C34H39F4N5O3. The number of benzene rings is 2. The van der Waals surface area contributed by atoms with Crippen LogP contribution in [0.2, 0.25) is 0 Å². The molecule has 0 fully saturated rings. The molecule has 0 saturated heterocycles. The molecule has 0 radical (unpaired) electrons. The lowest BCUT2D eigenvalue weighted by Gasteiger charge is -2.39. The Morgan fingerprint density at radius 2 is 1.72 bits per heavy atom. The Balaban J connectivity index is 1.71. The van der Waals surface area contributed by atoms with E-state index in [1.54, 1.807) is 19.9 Å². The number of para-hydroxylation sites is 1. The van der Waals surface area contributed by atoms with E-state index in [4.69, 9.17) is 0 Å². The van der Waals surface area contributed by atoms with E-state index in [0.29, 0.717) is 24.1 Å². The number of carbonyl (C=O) groups excluding carboxylic acids is 3. The molecule has 0 bridgehead atoms. The van der Waals surface area contributed by atoms with Gasteiger partial charge in [-0.1, -0.05) is 70.9 Å². The largest absolute Gasteiger partial charge is 0.418 e. The minimum atomic E-state index is -4.61. The summed E-state index contributed by atoms with van der Waals surface area (Å²) in [4.78, 5) is 44.0. The van der Waals surface area contributed by atoms with Gasteiger partial charge in [-0.15, -0.1) is 0 Å². The fraction of sp³-hybridized carbons (Fsp3) is 0.471. The van der Waals surface area contributed by atoms with Crippen LogP contribution in [0.3, 0.4) is 0 Å². The summed E-state index contributed by atoms with van der Waals surface area (Å²) in [7, 11) is 0. The van der Waals surface area contributed by atoms with Gasteiger partial charge in [0.2, 0.25) is 17.7 Å². The summed E-state index contributed by atoms with van der Waals surface area (Å²) in [5.41, 5.74) is -1.44. The third-order valence-corrected chi connectivity index (χ3v) is 9.17. The number of fused-ring (bicyclic) bond motifs is 3. The molecule has 1 aromatic heterocycles. The van der Waals surface area contributed by atoms with Crippen LogP contribution in [0.15, 0.2) is 42.5 Å². The van der Waals surface area contributed by atoms with Crippen LogP contribution in [0.4, 0.5) is 17.6 Å². The SMILES string of the molecule is CCC(C)[C@H](NC(=O)Cc1ccccc1F)C(=O)N[C@]1(C(=O)N[C@H](C#N)C(C)CC)CCc2[nH]c3c(C(F)(F)F)cccc3c2C1. The number of nitrogens with one attached hydrogen (secondary N) is 4. The minimum absolute atomic E-state index is 0.0286. The van der Waals surface area contributed by atoms with E-state index < -0.39 is 58.8 Å². The summed E-state index contributed by atoms with van der Waals surface area (Å²) >= 11 is 0. The minimum Gasteiger partial charge on any atom is -0.358 e. The first kappa shape index (κ1) is 34.5. The third kappa shape index (κ3) is 7.19. The lowest BCUT2D eigenvalue weighted by atomic mass is 9.78. The standard InChI is InChI=1S/C34H39F4N5O3/c1-5-19(3)27(18-39)41-32(46)33(15-14-26-23(17-33)22-11-9-12-24(30(22)40-26)34(36,37)38)43-31(45)29(20(4)6-2)42-28(44)16-21-10-7-8-13-25(21)35/h7-13,19-20,27,29,40H,5-6,14-17H2,1-4H3,(H,41,46)(H,42,44)(H,43,45)/t19?,20?,27-,29+,33-/m1/s1. The summed E-state index contributed by atoms with van der Waals surface area (Å²) in [6.07, 6.45) is -3.82. The Hall–Kier alpha value is -4.40. The smallest absolute Gasteiger partial charge is 0.358 e. The van der Waals surface area contributed by atoms with Gasteiger partial charge in [-0.05, 0) is 47.9 Å². The second-order valence-electron chi connectivity index (χ2n) is 12.2. The molecule has 5 atom stereocenters. The van der Waals surface area contributed by atoms with Gasteiger partial charge in [-0.2, -0.15) is 18.4 Å². The highest BCUT2D eigenvalue weighted by molar-refractivity contribution is 5.97. The predicted molar refractivity (Wildman–Crippen MR) is 165 cm³/mol. The van der Waals surface area contributed by atoms with Crippen LogP contribution in [-0.2, 0) is 39.8 Å². The quantitative estimate of drug-likeness (QED) is 0.206. The fourth-order valence-electron chi connectivity index (χ4n) is 5.94. The van der Waals surface area contributed by atoms with Gasteiger partial charge in [0, 0.05) is 17.5 Å². The summed E-state index contributed by atoms with van der Waals surface area (Å²) in [5, 5.41) is 18.4. The van der Waals surface area contributed by atoms with Crippen molar-refractivity contribution >= 4 is 28.6 Å². The van der Waals surface area contributed by atoms with Crippen LogP contribution in [0, 0.1) is 29.0 Å². The number of H-pyrrole nitrogens is 1. The first-order valence-electron chi connectivity index (χ1n) is 15.5. The van der Waals surface area contributed by atoms with Crippen molar-refractivity contribution in [1.82, 2.24) is 20.9 Å². The Bertz CT molecular complexity index is 1650. The number of aryl methyl sites for hydroxylation is 1. The third-order valence-electron chi connectivity index (χ3n) is 9.17. The van der Waals surface area contributed by atoms with Crippen LogP contribution in [0.1, 0.15) is 69.3 Å². The molecular weight excluding hydrogens is 602 g/mol. The fourth-order valence-corrected chi connectivity index (χ4v) is 5.94. The number of rotatable bonds is 11. The van der Waals surface area contributed by atoms with Crippen molar-refractivity contribution in [2.45, 2.75) is 90.0 Å². The molecule has 4 rings (SSSR count). The van der Waals surface area contributed by atoms with Crippen LogP contribution >= 0.6 is 0 Å². The Labute approximate surface area is 265 Å². The van der Waals surface area contributed by atoms with Gasteiger partial charge in [0.05, 0.1) is 23.6 Å². The predicted octanol–water partition coefficient (Wildman–Crippen LogP) is 5.50. The topological polar surface area (TPSA) is 127 Å². The zero-order valence-electron chi connectivity index (χ0n) is 26.3. The molecule has 0 aliphatic heterocycles. The van der Waals surface area contributed by atoms with E-state index in [2.05, 4.69) is 27.0 Å². The number of alkyl halides is 3. The number of nitriles is 1. The number of hydrogen-bond donors (Lipinski definition) is 4. The molecule has 0 saturated carbocycles. The van der Waals surface area contributed by atoms with Crippen molar-refractivity contribution in [2.24, 2.45) is 11.8 Å². The molecule has 1 aliphatic carbocycles. The molecule has 0 spiro atoms. The van der Waals surface area contributed by atoms with Crippen LogP contribution in [0.25, 0.3) is 10.9 Å². The van der Waals surface area contributed by atoms with Crippen molar-refractivity contribution in [3.05, 3.63) is 70.7 Å². The van der Waals surface area contributed by atoms with Gasteiger partial charge in [0.25, 0.3) is 0 Å². The Morgan fingerprint density at radius 3 is 2.35 bits per heavy atom. The molecule has 3 aromatic rings. The highest BCUT2D eigenvalue weighted by atomic mass is 19.4. The van der Waals surface area contributed by atoms with Gasteiger partial charge in [-0.25, -0.2) is 4.39 Å². The van der Waals surface area contributed by atoms with Crippen LogP contribution in [0.5, 0.6) is 0 Å². The zero-order chi connectivity index (χ0) is 33.8. The zero-order valence-corrected chi connectivity index (χ0v) is 26.3. The normalized spacial score (nSPS) is 18.8. The molecule has 1 aliphatic rings. The van der Waals surface area contributed by atoms with Crippen molar-refractivity contribution in [3.8, 4) is 6.07 Å². The molecule has 3 amide bonds. The van der Waals surface area contributed by atoms with Gasteiger partial charge in [-0.3, -0.25) is 14.4 Å². The summed E-state index contributed by atoms with van der Waals surface area (Å²) in [6, 6.07) is 9.75. The number of amides is 3. The van der Waals surface area contributed by atoms with E-state index in [0.717, 1.165) is 6.07 Å². The van der Waals surface area contributed by atoms with E-state index in [1.165, 1.54) is 30.3 Å². The lowest BCUT2D eigenvalue weighted by Crippen LogP contribution is -2.66. The van der Waals surface area contributed by atoms with E-state index in [-0.39, 0.29) is 48.1 Å². The van der Waals surface area contributed by atoms with Gasteiger partial charge in [0.1, 0.15) is 23.4 Å². The van der Waals surface area contributed by atoms with Crippen molar-refractivity contribution in [2.75, 3.05) is 0 Å². The monoisotopic (exact) mass is 641 g/mol. The van der Waals surface area contributed by atoms with Crippen molar-refractivity contribution < 1.29 is 31.9 Å². The van der Waals surface area contributed by atoms with Gasteiger partial charge < -0.3 is 20.9 Å². The highest BCUT2D eigenvalue weighted by Crippen LogP contribution is 2.40. The number of aromatic amines is 1. The molecule has 2 unspecified atom stereocenters. The molecule has 8 nitrogen and oxygen atoms in total. The molecule has 1 heterocycles. The van der Waals surface area contributed by atoms with Gasteiger partial charge >= 0.3 is 6.18 Å². The molecule has 12 heteroatoms. The Kier molecular flexibility index (Phi) is 10.4. The van der Waals surface area contributed by atoms with Crippen LogP contribution < -0.4 is 16.0 Å². The van der Waals surface area contributed by atoms with E-state index in [9.17, 15) is 37.2 Å². The van der Waals surface area contributed by atoms with Gasteiger partial charge in [0.15, 0.2) is 0 Å². The number of nitrogens with zero attached hydrogens (tertiary/aromatic N) is 1. The Morgan fingerprint density at radius 1 is 1.02 bits per heavy atom. The molecule has 46 heavy (non-hydrogen) atoms. The molecule has 246 valence electrons. The number of carbonyl (C=O) groups is 3. The van der Waals surface area contributed by atoms with E-state index >= 15 is 0 Å². The number of aromatic nitrogens is 1. The van der Waals surface area contributed by atoms with Crippen molar-refractivity contribution in [3.63, 3.8) is 0 Å². The van der Waals surface area contributed by atoms with Crippen LogP contribution in [-0.4, -0.2) is 40.3 Å². The maximum absolute atomic E-state index is 14.2.